The molecule has 0 aliphatic carbocycles. The van der Waals surface area contributed by atoms with Gasteiger partial charge in [-0.3, -0.25) is 0 Å². The summed E-state index contributed by atoms with van der Waals surface area (Å²) in [7, 11) is 0. The molecule has 0 heterocycles. The standard InChI is InChI=1S/C2H3NS2.F2/c3-1-2(4)5;1-2/h2,4-5H;. The van der Waals surface area contributed by atoms with Crippen LogP contribution >= 0.6 is 25.3 Å². The van der Waals surface area contributed by atoms with E-state index in [1.807, 2.05) is 0 Å². The molecule has 0 aromatic carbocycles. The highest BCUT2D eigenvalue weighted by atomic mass is 32.2. The van der Waals surface area contributed by atoms with Gasteiger partial charge in [0.1, 0.15) is 4.58 Å². The van der Waals surface area contributed by atoms with E-state index < -0.39 is 4.58 Å². The normalized spacial score (nSPS) is 6.29. The molecule has 7 heavy (non-hydrogen) atoms. The van der Waals surface area contributed by atoms with Gasteiger partial charge < -0.3 is 0 Å². The maximum Gasteiger partial charge on any atom is 0.132 e. The molecule has 1 nitrogen and oxygen atoms in total. The molecular weight excluding hydrogens is 140 g/mol. The van der Waals surface area contributed by atoms with E-state index in [-0.39, 0.29) is 0 Å². The number of thiol groups is 2. The van der Waals surface area contributed by atoms with E-state index in [0.29, 0.717) is 0 Å². The van der Waals surface area contributed by atoms with Gasteiger partial charge in [0.2, 0.25) is 0 Å². The first kappa shape index (κ1) is 10.1. The number of hydrogen-bond acceptors (Lipinski definition) is 3. The van der Waals surface area contributed by atoms with Gasteiger partial charge in [0.15, 0.2) is 0 Å². The molecule has 0 spiro atoms. The summed E-state index contributed by atoms with van der Waals surface area (Å²) in [5.74, 6) is 0. The third kappa shape index (κ3) is 23.6. The molecule has 42 valence electrons. The van der Waals surface area contributed by atoms with Gasteiger partial charge in [-0.05, 0) is 0 Å². The minimum atomic E-state index is -0.421. The summed E-state index contributed by atoms with van der Waals surface area (Å²) in [5.41, 5.74) is 0. The summed E-state index contributed by atoms with van der Waals surface area (Å²) >= 11 is 7.20. The average Bonchev–Trinajstić information content (AvgIpc) is 1.73. The number of halogens is 2. The molecule has 0 fully saturated rings. The first-order valence-corrected chi connectivity index (χ1v) is 2.20. The van der Waals surface area contributed by atoms with Gasteiger partial charge in [0.05, 0.1) is 6.07 Å². The molecule has 0 radical (unpaired) electrons. The zero-order valence-corrected chi connectivity index (χ0v) is 4.96. The van der Waals surface area contributed by atoms with Crippen molar-refractivity contribution in [3.8, 4) is 6.07 Å². The van der Waals surface area contributed by atoms with Crippen LogP contribution in [0.4, 0.5) is 9.15 Å². The lowest BCUT2D eigenvalue weighted by atomic mass is 10.9. The van der Waals surface area contributed by atoms with Gasteiger partial charge in [0, 0.05) is 9.15 Å². The van der Waals surface area contributed by atoms with Gasteiger partial charge in [0.25, 0.3) is 0 Å². The van der Waals surface area contributed by atoms with Crippen LogP contribution in [0.15, 0.2) is 0 Å². The molecule has 0 saturated heterocycles. The molecule has 0 rings (SSSR count). The van der Waals surface area contributed by atoms with Crippen molar-refractivity contribution in [1.29, 1.82) is 5.26 Å². The quantitative estimate of drug-likeness (QED) is 0.390. The zero-order chi connectivity index (χ0) is 6.28. The Kier molecular flexibility index (Phi) is 13.6. The van der Waals surface area contributed by atoms with E-state index in [4.69, 9.17) is 14.4 Å². The molecule has 0 aromatic heterocycles. The van der Waals surface area contributed by atoms with Crippen LogP contribution in [0.1, 0.15) is 0 Å². The summed E-state index contributed by atoms with van der Waals surface area (Å²) in [6, 6.07) is 1.76. The Bertz CT molecular complexity index is 59.2. The minimum Gasteiger partial charge on any atom is -0.196 e. The molecule has 0 aliphatic rings. The predicted molar refractivity (Wildman–Crippen MR) is 29.6 cm³/mol. The highest BCUT2D eigenvalue weighted by Crippen LogP contribution is 1.93. The number of rotatable bonds is 0. The average molecular weight is 143 g/mol. The van der Waals surface area contributed by atoms with Crippen molar-refractivity contribution >= 4 is 25.3 Å². The molecule has 0 aromatic rings. The Morgan fingerprint density at radius 3 is 1.57 bits per heavy atom. The topological polar surface area (TPSA) is 23.8 Å². The van der Waals surface area contributed by atoms with Crippen molar-refractivity contribution in [2.45, 2.75) is 4.58 Å². The number of nitriles is 1. The molecule has 0 saturated carbocycles. The molecule has 0 bridgehead atoms. The SMILES string of the molecule is FF.N#CC(S)S. The summed E-state index contributed by atoms with van der Waals surface area (Å²) in [6.07, 6.45) is 0. The van der Waals surface area contributed by atoms with Crippen LogP contribution in [0.25, 0.3) is 0 Å². The van der Waals surface area contributed by atoms with Gasteiger partial charge in [-0.1, -0.05) is 0 Å². The summed E-state index contributed by atoms with van der Waals surface area (Å²) in [4.78, 5) is 0. The van der Waals surface area contributed by atoms with Crippen molar-refractivity contribution in [1.82, 2.24) is 0 Å². The molecule has 0 unspecified atom stereocenters. The van der Waals surface area contributed by atoms with E-state index >= 15 is 0 Å². The Morgan fingerprint density at radius 1 is 1.43 bits per heavy atom. The van der Waals surface area contributed by atoms with Crippen LogP contribution in [0.5, 0.6) is 0 Å². The van der Waals surface area contributed by atoms with Crippen LogP contribution in [0.2, 0.25) is 0 Å². The molecule has 0 N–H and O–H groups in total. The maximum absolute atomic E-state index is 8.00. The molecule has 5 heteroatoms. The largest absolute Gasteiger partial charge is 0.196 e. The fourth-order valence-electron chi connectivity index (χ4n) is 0. The summed E-state index contributed by atoms with van der Waals surface area (Å²) in [6.45, 7) is 0. The van der Waals surface area contributed by atoms with Crippen molar-refractivity contribution in [3.05, 3.63) is 0 Å². The second kappa shape index (κ2) is 9.41. The highest BCUT2D eigenvalue weighted by molar-refractivity contribution is 7.99. The molecular formula is C2H3F2NS2. The van der Waals surface area contributed by atoms with E-state index in [9.17, 15) is 0 Å². The van der Waals surface area contributed by atoms with Crippen LogP contribution < -0.4 is 0 Å². The van der Waals surface area contributed by atoms with E-state index in [1.165, 1.54) is 0 Å². The van der Waals surface area contributed by atoms with Gasteiger partial charge in [-0.25, -0.2) is 0 Å². The van der Waals surface area contributed by atoms with Crippen LogP contribution in [-0.2, 0) is 0 Å². The Labute approximate surface area is 51.0 Å². The Hall–Kier alpha value is 0.0500. The lowest BCUT2D eigenvalue weighted by molar-refractivity contribution is 0.108. The third-order valence-corrected chi connectivity index (χ3v) is 0.346. The summed E-state index contributed by atoms with van der Waals surface area (Å²) in [5, 5.41) is 7.74. The lowest BCUT2D eigenvalue weighted by Crippen LogP contribution is -1.71. The second-order valence-electron chi connectivity index (χ2n) is 0.503. The van der Waals surface area contributed by atoms with Gasteiger partial charge in [-0.2, -0.15) is 30.5 Å². The third-order valence-electron chi connectivity index (χ3n) is 0.115. The van der Waals surface area contributed by atoms with E-state index in [2.05, 4.69) is 25.3 Å². The predicted octanol–water partition coefficient (Wildman–Crippen LogP) is 1.54. The smallest absolute Gasteiger partial charge is 0.132 e. The molecule has 0 amide bonds. The maximum atomic E-state index is 8.00. The van der Waals surface area contributed by atoms with Crippen LogP contribution in [0.3, 0.4) is 0 Å². The van der Waals surface area contributed by atoms with Crippen molar-refractivity contribution < 1.29 is 9.15 Å². The number of hydrogen-bond donors (Lipinski definition) is 2. The number of nitrogens with zero attached hydrogens (tertiary/aromatic N) is 1. The monoisotopic (exact) mass is 143 g/mol. The van der Waals surface area contributed by atoms with E-state index in [1.54, 1.807) is 6.07 Å². The van der Waals surface area contributed by atoms with Gasteiger partial charge >= 0.3 is 0 Å². The summed E-state index contributed by atoms with van der Waals surface area (Å²) < 4.78 is 15.6. The highest BCUT2D eigenvalue weighted by Gasteiger charge is 1.80. The van der Waals surface area contributed by atoms with E-state index in [0.717, 1.165) is 0 Å². The van der Waals surface area contributed by atoms with Crippen molar-refractivity contribution in [2.24, 2.45) is 0 Å². The van der Waals surface area contributed by atoms with Crippen LogP contribution in [0, 0.1) is 11.3 Å². The first-order valence-electron chi connectivity index (χ1n) is 1.17. The molecule has 0 aliphatic heterocycles. The van der Waals surface area contributed by atoms with Gasteiger partial charge in [-0.15, -0.1) is 0 Å². The van der Waals surface area contributed by atoms with Crippen molar-refractivity contribution in [3.63, 3.8) is 0 Å². The fourth-order valence-corrected chi connectivity index (χ4v) is 0. The van der Waals surface area contributed by atoms with Crippen molar-refractivity contribution in [2.75, 3.05) is 0 Å². The Balaban J connectivity index is 0. The lowest BCUT2D eigenvalue weighted by Gasteiger charge is -1.74. The first-order chi connectivity index (χ1) is 3.27. The zero-order valence-electron chi connectivity index (χ0n) is 3.17. The second-order valence-corrected chi connectivity index (χ2v) is 1.94. The minimum absolute atomic E-state index is 0.421. The molecule has 0 atom stereocenters. The Morgan fingerprint density at radius 2 is 1.57 bits per heavy atom. The fraction of sp³-hybridized carbons (Fsp3) is 0.500. The van der Waals surface area contributed by atoms with Crippen LogP contribution in [-0.4, -0.2) is 4.58 Å².